The first-order valence-electron chi connectivity index (χ1n) is 11.5. The minimum atomic E-state index is -1.34. The molecule has 190 valence electrons. The van der Waals surface area contributed by atoms with Crippen LogP contribution in [0.5, 0.6) is 11.5 Å². The van der Waals surface area contributed by atoms with E-state index in [1.165, 1.54) is 12.1 Å². The Kier molecular flexibility index (Phi) is 12.7. The maximum Gasteiger partial charge on any atom is 0.508 e. The second-order valence-corrected chi connectivity index (χ2v) is 7.89. The van der Waals surface area contributed by atoms with E-state index in [2.05, 4.69) is 0 Å². The maximum atomic E-state index is 12.1. The number of ether oxygens (including phenoxy) is 4. The van der Waals surface area contributed by atoms with E-state index in [-0.39, 0.29) is 37.4 Å². The van der Waals surface area contributed by atoms with Crippen LogP contribution in [0.4, 0.5) is 4.79 Å². The molecule has 0 fully saturated rings. The number of carbonyl (C=O) groups is 4. The molecule has 0 spiro atoms. The average molecular weight is 482 g/mol. The summed E-state index contributed by atoms with van der Waals surface area (Å²) < 4.78 is 20.8. The lowest BCUT2D eigenvalue weighted by Crippen LogP contribution is -2.38. The van der Waals surface area contributed by atoms with E-state index in [9.17, 15) is 24.3 Å². The molecular weight excluding hydrogens is 446 g/mol. The van der Waals surface area contributed by atoms with Gasteiger partial charge in [-0.3, -0.25) is 14.4 Å². The van der Waals surface area contributed by atoms with E-state index in [0.29, 0.717) is 24.8 Å². The molecule has 0 amide bonds. The number of benzene rings is 1. The molecule has 0 aliphatic rings. The highest BCUT2D eigenvalue weighted by atomic mass is 16.7. The Balaban J connectivity index is 3.25. The molecule has 0 aliphatic carbocycles. The lowest BCUT2D eigenvalue weighted by molar-refractivity contribution is -0.139. The molecule has 10 nitrogen and oxygen atoms in total. The third-order valence-corrected chi connectivity index (χ3v) is 4.78. The van der Waals surface area contributed by atoms with Crippen molar-refractivity contribution in [3.63, 3.8) is 0 Å². The van der Waals surface area contributed by atoms with Crippen molar-refractivity contribution in [2.45, 2.75) is 84.3 Å². The van der Waals surface area contributed by atoms with Gasteiger partial charge >= 0.3 is 24.1 Å². The summed E-state index contributed by atoms with van der Waals surface area (Å²) in [4.78, 5) is 47.6. The van der Waals surface area contributed by atoms with E-state index >= 15 is 0 Å². The highest BCUT2D eigenvalue weighted by molar-refractivity contribution is 5.77. The van der Waals surface area contributed by atoms with Crippen LogP contribution in [0.2, 0.25) is 0 Å². The lowest BCUT2D eigenvalue weighted by atomic mass is 9.87. The fraction of sp³-hybridized carbons (Fsp3) is 0.583. The zero-order chi connectivity index (χ0) is 25.7. The molecule has 0 radical (unpaired) electrons. The molecule has 1 aromatic carbocycles. The first-order chi connectivity index (χ1) is 16.1. The number of aliphatic carboxylic acids is 1. The van der Waals surface area contributed by atoms with Crippen molar-refractivity contribution in [3.8, 4) is 11.5 Å². The minimum Gasteiger partial charge on any atom is -0.480 e. The SMILES string of the molecule is CCCOC(=O)OC(C)CC(c1ccc(OC(=O)CCC)c(OC(=O)CCC)c1)[C@H](N)C(=O)O. The Labute approximate surface area is 199 Å². The Bertz CT molecular complexity index is 840. The Morgan fingerprint density at radius 3 is 2.06 bits per heavy atom. The Hall–Kier alpha value is -3.14. The third-order valence-electron chi connectivity index (χ3n) is 4.78. The second kappa shape index (κ2) is 14.9. The van der Waals surface area contributed by atoms with Gasteiger partial charge in [0.15, 0.2) is 11.5 Å². The lowest BCUT2D eigenvalue weighted by Gasteiger charge is -2.25. The Morgan fingerprint density at radius 1 is 0.941 bits per heavy atom. The summed E-state index contributed by atoms with van der Waals surface area (Å²) in [6, 6.07) is 3.06. The predicted octanol–water partition coefficient (Wildman–Crippen LogP) is 3.93. The highest BCUT2D eigenvalue weighted by Crippen LogP contribution is 2.35. The number of hydrogen-bond donors (Lipinski definition) is 2. The fourth-order valence-electron chi connectivity index (χ4n) is 3.13. The van der Waals surface area contributed by atoms with Gasteiger partial charge in [0.25, 0.3) is 0 Å². The molecule has 3 N–H and O–H groups in total. The molecule has 1 aromatic rings. The molecule has 0 saturated heterocycles. The van der Waals surface area contributed by atoms with Gasteiger partial charge in [-0.05, 0) is 50.3 Å². The van der Waals surface area contributed by atoms with Crippen molar-refractivity contribution in [2.75, 3.05) is 6.61 Å². The van der Waals surface area contributed by atoms with Gasteiger partial charge in [0.1, 0.15) is 12.1 Å². The van der Waals surface area contributed by atoms with Crippen LogP contribution >= 0.6 is 0 Å². The van der Waals surface area contributed by atoms with Crippen LogP contribution in [0.1, 0.15) is 77.7 Å². The number of carbonyl (C=O) groups excluding carboxylic acids is 3. The van der Waals surface area contributed by atoms with E-state index in [0.717, 1.165) is 0 Å². The van der Waals surface area contributed by atoms with Crippen molar-refractivity contribution in [3.05, 3.63) is 23.8 Å². The summed E-state index contributed by atoms with van der Waals surface area (Å²) in [5, 5.41) is 9.53. The maximum absolute atomic E-state index is 12.1. The van der Waals surface area contributed by atoms with Crippen LogP contribution in [0.25, 0.3) is 0 Å². The van der Waals surface area contributed by atoms with Gasteiger partial charge in [-0.25, -0.2) is 4.79 Å². The van der Waals surface area contributed by atoms with Crippen molar-refractivity contribution < 1.29 is 43.2 Å². The number of hydrogen-bond acceptors (Lipinski definition) is 9. The molecule has 0 saturated carbocycles. The predicted molar refractivity (Wildman–Crippen MR) is 123 cm³/mol. The van der Waals surface area contributed by atoms with Gasteiger partial charge in [-0.15, -0.1) is 0 Å². The summed E-state index contributed by atoms with van der Waals surface area (Å²) in [6.45, 7) is 7.28. The molecule has 0 aliphatic heterocycles. The number of rotatable bonds is 14. The van der Waals surface area contributed by atoms with Gasteiger partial charge in [0.05, 0.1) is 6.61 Å². The molecule has 3 atom stereocenters. The molecule has 1 rings (SSSR count). The summed E-state index contributed by atoms with van der Waals surface area (Å²) in [6.07, 6.45) is 0.581. The standard InChI is InChI=1S/C24H35NO9/c1-5-8-20(26)33-18-11-10-16(14-19(18)34-21(27)9-6-2)17(22(25)23(28)29)13-15(4)32-24(30)31-12-7-3/h10-11,14-15,17,22H,5-9,12-13,25H2,1-4H3,(H,28,29)/t15?,17?,22-/m0/s1. The van der Waals surface area contributed by atoms with Crippen LogP contribution in [0, 0.1) is 0 Å². The summed E-state index contributed by atoms with van der Waals surface area (Å²) >= 11 is 0. The van der Waals surface area contributed by atoms with Gasteiger partial charge in [-0.1, -0.05) is 26.8 Å². The van der Waals surface area contributed by atoms with Crippen LogP contribution in [0.3, 0.4) is 0 Å². The molecular formula is C24H35NO9. The van der Waals surface area contributed by atoms with E-state index in [1.807, 2.05) is 20.8 Å². The Morgan fingerprint density at radius 2 is 1.53 bits per heavy atom. The number of carboxylic acid groups (broad SMARTS) is 1. The van der Waals surface area contributed by atoms with Gasteiger partial charge in [0.2, 0.25) is 0 Å². The molecule has 34 heavy (non-hydrogen) atoms. The van der Waals surface area contributed by atoms with Crippen molar-refractivity contribution in [2.24, 2.45) is 5.73 Å². The first-order valence-corrected chi connectivity index (χ1v) is 11.5. The number of nitrogens with two attached hydrogens (primary N) is 1. The topological polar surface area (TPSA) is 151 Å². The zero-order valence-corrected chi connectivity index (χ0v) is 20.2. The zero-order valence-electron chi connectivity index (χ0n) is 20.2. The monoisotopic (exact) mass is 481 g/mol. The second-order valence-electron chi connectivity index (χ2n) is 7.89. The van der Waals surface area contributed by atoms with Gasteiger partial charge < -0.3 is 29.8 Å². The van der Waals surface area contributed by atoms with E-state index in [4.69, 9.17) is 24.7 Å². The molecule has 10 heteroatoms. The largest absolute Gasteiger partial charge is 0.508 e. The number of carboxylic acids is 1. The smallest absolute Gasteiger partial charge is 0.480 e. The fourth-order valence-corrected chi connectivity index (χ4v) is 3.13. The van der Waals surface area contributed by atoms with Crippen molar-refractivity contribution in [1.82, 2.24) is 0 Å². The van der Waals surface area contributed by atoms with Crippen molar-refractivity contribution >= 4 is 24.1 Å². The van der Waals surface area contributed by atoms with Crippen molar-refractivity contribution in [1.29, 1.82) is 0 Å². The highest BCUT2D eigenvalue weighted by Gasteiger charge is 2.30. The third kappa shape index (κ3) is 9.78. The number of esters is 2. The van der Waals surface area contributed by atoms with Crippen LogP contribution in [-0.2, 0) is 23.9 Å². The summed E-state index contributed by atoms with van der Waals surface area (Å²) in [7, 11) is 0. The normalized spacial score (nSPS) is 13.3. The van der Waals surface area contributed by atoms with Gasteiger partial charge in [0, 0.05) is 18.8 Å². The van der Waals surface area contributed by atoms with Crippen LogP contribution in [-0.4, -0.2) is 47.9 Å². The van der Waals surface area contributed by atoms with Gasteiger partial charge in [-0.2, -0.15) is 0 Å². The van der Waals surface area contributed by atoms with Crippen LogP contribution in [0.15, 0.2) is 18.2 Å². The average Bonchev–Trinajstić information content (AvgIpc) is 2.77. The van der Waals surface area contributed by atoms with Crippen LogP contribution < -0.4 is 15.2 Å². The first kappa shape index (κ1) is 28.9. The molecule has 0 aromatic heterocycles. The molecule has 0 bridgehead atoms. The molecule has 2 unspecified atom stereocenters. The molecule has 0 heterocycles. The van der Waals surface area contributed by atoms with E-state index in [1.54, 1.807) is 13.0 Å². The summed E-state index contributed by atoms with van der Waals surface area (Å²) in [5.41, 5.74) is 6.36. The van der Waals surface area contributed by atoms with E-state index < -0.39 is 42.1 Å². The minimum absolute atomic E-state index is 0.0149. The summed E-state index contributed by atoms with van der Waals surface area (Å²) in [5.74, 6) is -3.05. The quantitative estimate of drug-likeness (QED) is 0.295.